The fraction of sp³-hybridized carbons (Fsp3) is 0.238. The number of hydrogen-bond acceptors (Lipinski definition) is 6. The molecule has 7 nitrogen and oxygen atoms in total. The lowest BCUT2D eigenvalue weighted by atomic mass is 9.93. The maximum absolute atomic E-state index is 13.3. The zero-order chi connectivity index (χ0) is 21.0. The summed E-state index contributed by atoms with van der Waals surface area (Å²) in [6, 6.07) is 14.3. The van der Waals surface area contributed by atoms with Crippen molar-refractivity contribution in [2.75, 3.05) is 13.7 Å². The number of esters is 1. The third-order valence-corrected chi connectivity index (χ3v) is 6.46. The van der Waals surface area contributed by atoms with Crippen LogP contribution in [0.4, 0.5) is 0 Å². The molecule has 29 heavy (non-hydrogen) atoms. The molecule has 2 aromatic carbocycles. The largest absolute Gasteiger partial charge is 0.497 e. The van der Waals surface area contributed by atoms with Crippen molar-refractivity contribution in [1.29, 1.82) is 5.26 Å². The average Bonchev–Trinajstić information content (AvgIpc) is 2.71. The van der Waals surface area contributed by atoms with Crippen LogP contribution in [0.5, 0.6) is 5.75 Å². The van der Waals surface area contributed by atoms with Crippen LogP contribution in [0, 0.1) is 11.3 Å². The molecule has 1 fully saturated rings. The number of rotatable bonds is 6. The van der Waals surface area contributed by atoms with Gasteiger partial charge in [-0.25, -0.2) is 13.2 Å². The molecule has 0 aliphatic carbocycles. The summed E-state index contributed by atoms with van der Waals surface area (Å²) in [5.41, 5.74) is 1.58. The Morgan fingerprint density at radius 2 is 1.86 bits per heavy atom. The van der Waals surface area contributed by atoms with Gasteiger partial charge in [0, 0.05) is 18.2 Å². The first-order chi connectivity index (χ1) is 13.9. The second-order valence-corrected chi connectivity index (χ2v) is 8.13. The van der Waals surface area contributed by atoms with Crippen LogP contribution in [0.3, 0.4) is 0 Å². The Morgan fingerprint density at radius 3 is 2.41 bits per heavy atom. The number of carbonyl (C=O) groups is 1. The second kappa shape index (κ2) is 8.37. The summed E-state index contributed by atoms with van der Waals surface area (Å²) >= 11 is 0. The maximum Gasteiger partial charge on any atom is 0.332 e. The van der Waals surface area contributed by atoms with Crippen LogP contribution in [0.15, 0.2) is 65.2 Å². The summed E-state index contributed by atoms with van der Waals surface area (Å²) in [6.07, 6.45) is 1.57. The zero-order valence-electron chi connectivity index (χ0n) is 16.0. The van der Waals surface area contributed by atoms with Crippen LogP contribution in [0.25, 0.3) is 0 Å². The van der Waals surface area contributed by atoms with Gasteiger partial charge < -0.3 is 9.47 Å². The molecule has 1 aliphatic rings. The molecule has 150 valence electrons. The van der Waals surface area contributed by atoms with Crippen LogP contribution in [-0.4, -0.2) is 32.4 Å². The molecular formula is C21H20N2O5S. The van der Waals surface area contributed by atoms with E-state index in [-0.39, 0.29) is 11.5 Å². The molecular weight excluding hydrogens is 392 g/mol. The number of nitriles is 1. The third kappa shape index (κ3) is 4.10. The van der Waals surface area contributed by atoms with Crippen LogP contribution in [0.1, 0.15) is 30.5 Å². The summed E-state index contributed by atoms with van der Waals surface area (Å²) in [4.78, 5) is 12.0. The number of nitrogens with zero attached hydrogens (tertiary/aromatic N) is 2. The first-order valence-corrected chi connectivity index (χ1v) is 10.4. The van der Waals surface area contributed by atoms with E-state index in [0.29, 0.717) is 23.4 Å². The van der Waals surface area contributed by atoms with E-state index >= 15 is 0 Å². The lowest BCUT2D eigenvalue weighted by Gasteiger charge is -2.44. The van der Waals surface area contributed by atoms with Gasteiger partial charge in [-0.15, -0.1) is 0 Å². The topological polar surface area (TPSA) is 96.7 Å². The summed E-state index contributed by atoms with van der Waals surface area (Å²) in [6.45, 7) is 1.88. The molecule has 8 heteroatoms. The first kappa shape index (κ1) is 20.4. The van der Waals surface area contributed by atoms with Crippen molar-refractivity contribution in [3.8, 4) is 11.8 Å². The Labute approximate surface area is 169 Å². The summed E-state index contributed by atoms with van der Waals surface area (Å²) in [5, 5.41) is 8.98. The van der Waals surface area contributed by atoms with Crippen molar-refractivity contribution in [1.82, 2.24) is 4.31 Å². The van der Waals surface area contributed by atoms with Gasteiger partial charge in [0.1, 0.15) is 5.75 Å². The zero-order valence-corrected chi connectivity index (χ0v) is 16.8. The van der Waals surface area contributed by atoms with E-state index in [1.165, 1.54) is 29.6 Å². The molecule has 0 aromatic heterocycles. The lowest BCUT2D eigenvalue weighted by molar-refractivity contribution is -0.137. The van der Waals surface area contributed by atoms with E-state index in [1.807, 2.05) is 6.07 Å². The number of ether oxygens (including phenoxy) is 2. The van der Waals surface area contributed by atoms with Crippen molar-refractivity contribution >= 4 is 16.0 Å². The highest BCUT2D eigenvalue weighted by Crippen LogP contribution is 2.45. The molecule has 0 unspecified atom stereocenters. The molecule has 2 aromatic rings. The Balaban J connectivity index is 2.00. The fourth-order valence-corrected chi connectivity index (χ4v) is 4.79. The van der Waals surface area contributed by atoms with E-state index in [1.54, 1.807) is 43.3 Å². The highest BCUT2D eigenvalue weighted by atomic mass is 32.2. The van der Waals surface area contributed by atoms with Gasteiger partial charge in [0.05, 0.1) is 36.3 Å². The molecule has 0 saturated carbocycles. The SMILES string of the molecule is CCOC(=O)/C=C1\C[C@H](c2ccc(C#N)cc2)N1S(=O)(=O)c1ccc(OC)cc1. The molecule has 1 saturated heterocycles. The molecule has 1 heterocycles. The molecule has 1 aliphatic heterocycles. The van der Waals surface area contributed by atoms with Gasteiger partial charge in [0.25, 0.3) is 10.0 Å². The smallest absolute Gasteiger partial charge is 0.332 e. The van der Waals surface area contributed by atoms with E-state index in [9.17, 15) is 13.2 Å². The second-order valence-electron chi connectivity index (χ2n) is 6.32. The minimum absolute atomic E-state index is 0.0893. The van der Waals surface area contributed by atoms with E-state index in [0.717, 1.165) is 5.56 Å². The average molecular weight is 412 g/mol. The van der Waals surface area contributed by atoms with Gasteiger partial charge in [-0.05, 0) is 48.9 Å². The molecule has 0 bridgehead atoms. The summed E-state index contributed by atoms with van der Waals surface area (Å²) < 4.78 is 37.9. The molecule has 3 rings (SSSR count). The normalized spacial score (nSPS) is 17.3. The van der Waals surface area contributed by atoms with E-state index in [4.69, 9.17) is 14.7 Å². The molecule has 0 radical (unpaired) electrons. The van der Waals surface area contributed by atoms with E-state index in [2.05, 4.69) is 0 Å². The van der Waals surface area contributed by atoms with Crippen molar-refractivity contribution in [3.05, 3.63) is 71.4 Å². The molecule has 0 amide bonds. The third-order valence-electron chi connectivity index (χ3n) is 4.58. The fourth-order valence-electron chi connectivity index (χ4n) is 3.12. The lowest BCUT2D eigenvalue weighted by Crippen LogP contribution is -2.43. The number of sulfonamides is 1. The van der Waals surface area contributed by atoms with Crippen molar-refractivity contribution in [3.63, 3.8) is 0 Å². The van der Waals surface area contributed by atoms with Gasteiger partial charge in [0.2, 0.25) is 0 Å². The minimum atomic E-state index is -3.91. The first-order valence-electron chi connectivity index (χ1n) is 8.96. The van der Waals surface area contributed by atoms with Crippen LogP contribution >= 0.6 is 0 Å². The summed E-state index contributed by atoms with van der Waals surface area (Å²) in [5.74, 6) is -0.0470. The maximum atomic E-state index is 13.3. The predicted octanol–water partition coefficient (Wildman–Crippen LogP) is 3.15. The van der Waals surface area contributed by atoms with Gasteiger partial charge in [-0.1, -0.05) is 12.1 Å². The highest BCUT2D eigenvalue weighted by molar-refractivity contribution is 7.89. The molecule has 0 N–H and O–H groups in total. The molecule has 0 spiro atoms. The van der Waals surface area contributed by atoms with Gasteiger partial charge >= 0.3 is 5.97 Å². The number of methoxy groups -OCH3 is 1. The quantitative estimate of drug-likeness (QED) is 0.534. The Hall–Kier alpha value is -3.31. The van der Waals surface area contributed by atoms with Gasteiger partial charge in [0.15, 0.2) is 0 Å². The van der Waals surface area contributed by atoms with Crippen LogP contribution in [0.2, 0.25) is 0 Å². The van der Waals surface area contributed by atoms with Crippen LogP contribution < -0.4 is 4.74 Å². The Morgan fingerprint density at radius 1 is 1.21 bits per heavy atom. The highest BCUT2D eigenvalue weighted by Gasteiger charge is 2.43. The van der Waals surface area contributed by atoms with E-state index < -0.39 is 22.0 Å². The van der Waals surface area contributed by atoms with Crippen molar-refractivity contribution < 1.29 is 22.7 Å². The summed E-state index contributed by atoms with van der Waals surface area (Å²) in [7, 11) is -2.41. The van der Waals surface area contributed by atoms with Gasteiger partial charge in [-0.2, -0.15) is 5.26 Å². The minimum Gasteiger partial charge on any atom is -0.497 e. The Kier molecular flexibility index (Phi) is 5.89. The van der Waals surface area contributed by atoms with Crippen LogP contribution in [-0.2, 0) is 19.6 Å². The Bertz CT molecular complexity index is 1070. The number of hydrogen-bond donors (Lipinski definition) is 0. The monoisotopic (exact) mass is 412 g/mol. The molecule has 1 atom stereocenters. The van der Waals surface area contributed by atoms with Crippen molar-refractivity contribution in [2.24, 2.45) is 0 Å². The standard InChI is InChI=1S/C21H20N2O5S/c1-3-28-21(24)13-17-12-20(16-6-4-15(14-22)5-7-16)23(17)29(25,26)19-10-8-18(27-2)9-11-19/h4-11,13,20H,3,12H2,1-2H3/b17-13+/t20-/m1/s1. The van der Waals surface area contributed by atoms with Gasteiger partial charge in [-0.3, -0.25) is 4.31 Å². The number of carbonyl (C=O) groups excluding carboxylic acids is 1. The number of benzene rings is 2. The van der Waals surface area contributed by atoms with Crippen molar-refractivity contribution in [2.45, 2.75) is 24.3 Å². The predicted molar refractivity (Wildman–Crippen MR) is 105 cm³/mol.